The van der Waals surface area contributed by atoms with Gasteiger partial charge >= 0.3 is 0 Å². The van der Waals surface area contributed by atoms with Gasteiger partial charge in [0.2, 0.25) is 0 Å². The molecule has 0 spiro atoms. The van der Waals surface area contributed by atoms with Crippen LogP contribution in [0.25, 0.3) is 0 Å². The van der Waals surface area contributed by atoms with E-state index in [1.165, 1.54) is 11.3 Å². The molecule has 0 unspecified atom stereocenters. The van der Waals surface area contributed by atoms with Gasteiger partial charge < -0.3 is 14.6 Å². The lowest BCUT2D eigenvalue weighted by Crippen LogP contribution is -2.40. The van der Waals surface area contributed by atoms with Crippen LogP contribution in [0, 0.1) is 0 Å². The number of amides is 1. The molecule has 0 aliphatic carbocycles. The first-order valence-corrected chi connectivity index (χ1v) is 8.38. The molecule has 0 aromatic carbocycles. The van der Waals surface area contributed by atoms with Crippen molar-refractivity contribution in [3.05, 3.63) is 34.3 Å². The maximum Gasteiger partial charge on any atom is 0.263 e. The molecular weight excluding hydrogens is 300 g/mol. The molecule has 2 aromatic rings. The fourth-order valence-corrected chi connectivity index (χ4v) is 3.55. The zero-order valence-corrected chi connectivity index (χ0v) is 13.6. The van der Waals surface area contributed by atoms with E-state index < -0.39 is 0 Å². The van der Waals surface area contributed by atoms with Crippen molar-refractivity contribution in [2.24, 2.45) is 7.05 Å². The van der Waals surface area contributed by atoms with Gasteiger partial charge in [0.15, 0.2) is 0 Å². The van der Waals surface area contributed by atoms with Crippen LogP contribution in [-0.4, -0.2) is 33.1 Å². The Kier molecular flexibility index (Phi) is 4.54. The van der Waals surface area contributed by atoms with Crippen molar-refractivity contribution in [1.82, 2.24) is 19.9 Å². The Morgan fingerprint density at radius 1 is 1.59 bits per heavy atom. The minimum atomic E-state index is -0.0185. The fraction of sp³-hybridized carbons (Fsp3) is 0.533. The molecule has 1 amide bonds. The molecule has 0 saturated carbocycles. The lowest BCUT2D eigenvalue weighted by atomic mass is 10.0. The van der Waals surface area contributed by atoms with Crippen LogP contribution in [0.15, 0.2) is 18.0 Å². The van der Waals surface area contributed by atoms with Crippen molar-refractivity contribution in [2.75, 3.05) is 6.61 Å². The Balaban J connectivity index is 1.65. The average molecular weight is 320 g/mol. The number of nitrogens with zero attached hydrogens (tertiary/aromatic N) is 3. The molecule has 1 saturated heterocycles. The SMILES string of the molecule is CCc1ncsc1C(=O)N[C@H]1CCO[C@H](c2cncn2C)C1. The zero-order chi connectivity index (χ0) is 15.5. The standard InChI is InChI=1S/C15H20N4O2S/c1-3-11-14(22-9-17-11)15(20)18-10-4-5-21-13(6-10)12-7-16-8-19(12)2/h7-10,13H,3-6H2,1-2H3,(H,18,20)/t10-,13-/m0/s1. The van der Waals surface area contributed by atoms with Crippen LogP contribution in [0.3, 0.4) is 0 Å². The molecule has 22 heavy (non-hydrogen) atoms. The van der Waals surface area contributed by atoms with Gasteiger partial charge in [-0.15, -0.1) is 11.3 Å². The maximum absolute atomic E-state index is 12.4. The molecule has 2 atom stereocenters. The third-order valence-corrected chi connectivity index (χ3v) is 4.85. The second kappa shape index (κ2) is 6.58. The number of carbonyl (C=O) groups excluding carboxylic acids is 1. The summed E-state index contributed by atoms with van der Waals surface area (Å²) in [4.78, 5) is 21.5. The van der Waals surface area contributed by atoms with E-state index in [1.807, 2.05) is 24.7 Å². The summed E-state index contributed by atoms with van der Waals surface area (Å²) in [5.41, 5.74) is 3.65. The third kappa shape index (κ3) is 3.05. The first-order chi connectivity index (χ1) is 10.7. The van der Waals surface area contributed by atoms with Gasteiger partial charge in [-0.25, -0.2) is 9.97 Å². The van der Waals surface area contributed by atoms with E-state index in [9.17, 15) is 4.79 Å². The molecule has 0 radical (unpaired) electrons. The first-order valence-electron chi connectivity index (χ1n) is 7.50. The summed E-state index contributed by atoms with van der Waals surface area (Å²) in [6.45, 7) is 2.66. The maximum atomic E-state index is 12.4. The number of aryl methyl sites for hydroxylation is 2. The lowest BCUT2D eigenvalue weighted by molar-refractivity contribution is -0.00299. The molecule has 3 heterocycles. The van der Waals surface area contributed by atoms with E-state index in [4.69, 9.17) is 4.74 Å². The molecule has 1 fully saturated rings. The molecule has 2 aromatic heterocycles. The molecule has 1 aliphatic rings. The van der Waals surface area contributed by atoms with Crippen molar-refractivity contribution in [3.8, 4) is 0 Å². The number of thiazole rings is 1. The number of imidazole rings is 1. The third-order valence-electron chi connectivity index (χ3n) is 3.99. The van der Waals surface area contributed by atoms with E-state index in [0.717, 1.165) is 35.5 Å². The summed E-state index contributed by atoms with van der Waals surface area (Å²) in [6.07, 6.45) is 5.96. The zero-order valence-electron chi connectivity index (χ0n) is 12.8. The number of carbonyl (C=O) groups is 1. The Morgan fingerprint density at radius 3 is 3.18 bits per heavy atom. The van der Waals surface area contributed by atoms with Gasteiger partial charge in [-0.3, -0.25) is 4.79 Å². The summed E-state index contributed by atoms with van der Waals surface area (Å²) < 4.78 is 7.79. The van der Waals surface area contributed by atoms with E-state index in [-0.39, 0.29) is 18.1 Å². The molecule has 3 rings (SSSR count). The lowest BCUT2D eigenvalue weighted by Gasteiger charge is -2.30. The minimum absolute atomic E-state index is 0.0151. The molecule has 6 nitrogen and oxygen atoms in total. The van der Waals surface area contributed by atoms with E-state index in [2.05, 4.69) is 15.3 Å². The van der Waals surface area contributed by atoms with Crippen LogP contribution in [0.5, 0.6) is 0 Å². The largest absolute Gasteiger partial charge is 0.372 e. The van der Waals surface area contributed by atoms with Crippen molar-refractivity contribution in [2.45, 2.75) is 38.3 Å². The predicted molar refractivity (Wildman–Crippen MR) is 83.9 cm³/mol. The second-order valence-corrected chi connectivity index (χ2v) is 6.32. The number of ether oxygens (including phenoxy) is 1. The summed E-state index contributed by atoms with van der Waals surface area (Å²) >= 11 is 1.40. The number of hydrogen-bond acceptors (Lipinski definition) is 5. The Hall–Kier alpha value is -1.73. The molecule has 1 N–H and O–H groups in total. The number of nitrogens with one attached hydrogen (secondary N) is 1. The van der Waals surface area contributed by atoms with Crippen molar-refractivity contribution < 1.29 is 9.53 Å². The smallest absolute Gasteiger partial charge is 0.263 e. The monoisotopic (exact) mass is 320 g/mol. The minimum Gasteiger partial charge on any atom is -0.372 e. The Bertz CT molecular complexity index is 652. The summed E-state index contributed by atoms with van der Waals surface area (Å²) in [6, 6.07) is 0.118. The van der Waals surface area contributed by atoms with Gasteiger partial charge in [-0.1, -0.05) is 6.92 Å². The van der Waals surface area contributed by atoms with Gasteiger partial charge in [-0.2, -0.15) is 0 Å². The van der Waals surface area contributed by atoms with Crippen molar-refractivity contribution >= 4 is 17.2 Å². The van der Waals surface area contributed by atoms with Gasteiger partial charge in [0.25, 0.3) is 5.91 Å². The number of aromatic nitrogens is 3. The van der Waals surface area contributed by atoms with E-state index >= 15 is 0 Å². The van der Waals surface area contributed by atoms with Crippen LogP contribution in [0.2, 0.25) is 0 Å². The highest BCUT2D eigenvalue weighted by Crippen LogP contribution is 2.28. The normalized spacial score (nSPS) is 21.7. The van der Waals surface area contributed by atoms with E-state index in [1.54, 1.807) is 11.8 Å². The second-order valence-electron chi connectivity index (χ2n) is 5.47. The summed E-state index contributed by atoms with van der Waals surface area (Å²) in [5, 5.41) is 3.13. The van der Waals surface area contributed by atoms with Gasteiger partial charge in [0.05, 0.1) is 29.4 Å². The van der Waals surface area contributed by atoms with Gasteiger partial charge in [0.1, 0.15) is 11.0 Å². The molecule has 7 heteroatoms. The molecule has 118 valence electrons. The number of hydrogen-bond donors (Lipinski definition) is 1. The Morgan fingerprint density at radius 2 is 2.45 bits per heavy atom. The van der Waals surface area contributed by atoms with Crippen LogP contribution < -0.4 is 5.32 Å². The van der Waals surface area contributed by atoms with Crippen molar-refractivity contribution in [3.63, 3.8) is 0 Å². The van der Waals surface area contributed by atoms with Crippen molar-refractivity contribution in [1.29, 1.82) is 0 Å². The summed E-state index contributed by atoms with van der Waals surface area (Å²) in [5.74, 6) is -0.0185. The highest BCUT2D eigenvalue weighted by molar-refractivity contribution is 7.11. The van der Waals surface area contributed by atoms with Crippen LogP contribution >= 0.6 is 11.3 Å². The average Bonchev–Trinajstić information content (AvgIpc) is 3.15. The molecule has 0 bridgehead atoms. The van der Waals surface area contributed by atoms with Crippen LogP contribution in [0.1, 0.15) is 46.9 Å². The fourth-order valence-electron chi connectivity index (χ4n) is 2.77. The first kappa shape index (κ1) is 15.2. The van der Waals surface area contributed by atoms with Gasteiger partial charge in [-0.05, 0) is 19.3 Å². The molecular formula is C15H20N4O2S. The topological polar surface area (TPSA) is 69.0 Å². The van der Waals surface area contributed by atoms with Gasteiger partial charge in [0, 0.05) is 19.7 Å². The molecule has 1 aliphatic heterocycles. The van der Waals surface area contributed by atoms with Crippen LogP contribution in [0.4, 0.5) is 0 Å². The highest BCUT2D eigenvalue weighted by atomic mass is 32.1. The number of rotatable bonds is 4. The summed E-state index contributed by atoms with van der Waals surface area (Å²) in [7, 11) is 1.96. The highest BCUT2D eigenvalue weighted by Gasteiger charge is 2.27. The van der Waals surface area contributed by atoms with E-state index in [0.29, 0.717) is 6.61 Å². The predicted octanol–water partition coefficient (Wildman–Crippen LogP) is 2.09. The van der Waals surface area contributed by atoms with Crippen LogP contribution in [-0.2, 0) is 18.2 Å². The quantitative estimate of drug-likeness (QED) is 0.936. The Labute approximate surface area is 133 Å².